The standard InChI is InChI=1S/C19H13F2N5O3S/c1-26-17-11(10-23-19(25-17)24-16-4-2-3-7-22-16)8-15(18(26)27)30(28,29)14-6-5-12(20)9-13(14)21/h2-10H,1H3,(H,22,23,24,25). The van der Waals surface area contributed by atoms with Gasteiger partial charge in [-0.1, -0.05) is 6.07 Å². The fraction of sp³-hybridized carbons (Fsp3) is 0.0526. The van der Waals surface area contributed by atoms with Crippen LogP contribution in [0.2, 0.25) is 0 Å². The third-order valence-electron chi connectivity index (χ3n) is 4.29. The number of sulfone groups is 1. The van der Waals surface area contributed by atoms with Crippen LogP contribution in [0, 0.1) is 11.6 Å². The van der Waals surface area contributed by atoms with E-state index >= 15 is 0 Å². The Kier molecular flexibility index (Phi) is 4.74. The third-order valence-corrected chi connectivity index (χ3v) is 6.07. The molecule has 4 rings (SSSR count). The number of aryl methyl sites for hydroxylation is 1. The lowest BCUT2D eigenvalue weighted by Crippen LogP contribution is -2.25. The van der Waals surface area contributed by atoms with E-state index in [1.165, 1.54) is 13.2 Å². The molecular formula is C19H13F2N5O3S. The second-order valence-electron chi connectivity index (χ2n) is 6.26. The van der Waals surface area contributed by atoms with Gasteiger partial charge in [0.2, 0.25) is 15.8 Å². The molecule has 152 valence electrons. The lowest BCUT2D eigenvalue weighted by molar-refractivity contribution is 0.548. The zero-order chi connectivity index (χ0) is 21.5. The largest absolute Gasteiger partial charge is 0.309 e. The molecule has 0 saturated carbocycles. The number of benzene rings is 1. The maximum absolute atomic E-state index is 14.1. The number of aromatic nitrogens is 4. The van der Waals surface area contributed by atoms with Crippen LogP contribution in [0.15, 0.2) is 69.4 Å². The van der Waals surface area contributed by atoms with E-state index in [4.69, 9.17) is 0 Å². The lowest BCUT2D eigenvalue weighted by atomic mass is 10.3. The van der Waals surface area contributed by atoms with Crippen LogP contribution in [0.25, 0.3) is 11.0 Å². The van der Waals surface area contributed by atoms with Gasteiger partial charge in [-0.25, -0.2) is 27.2 Å². The van der Waals surface area contributed by atoms with E-state index in [0.29, 0.717) is 11.9 Å². The van der Waals surface area contributed by atoms with Crippen LogP contribution in [0.1, 0.15) is 0 Å². The molecule has 0 aliphatic rings. The van der Waals surface area contributed by atoms with Gasteiger partial charge in [-0.3, -0.25) is 9.36 Å². The van der Waals surface area contributed by atoms with Crippen molar-refractivity contribution in [2.45, 2.75) is 9.79 Å². The Morgan fingerprint density at radius 2 is 1.83 bits per heavy atom. The molecule has 3 heterocycles. The second kappa shape index (κ2) is 7.26. The number of hydrogen-bond acceptors (Lipinski definition) is 7. The molecule has 0 aliphatic carbocycles. The first-order chi connectivity index (χ1) is 14.3. The van der Waals surface area contributed by atoms with Gasteiger partial charge in [0.1, 0.15) is 32.9 Å². The predicted molar refractivity (Wildman–Crippen MR) is 104 cm³/mol. The molecule has 0 saturated heterocycles. The Labute approximate surface area is 168 Å². The normalized spacial score (nSPS) is 11.6. The SMILES string of the molecule is Cn1c(=O)c(S(=O)(=O)c2ccc(F)cc2F)cc2cnc(Nc3ccccn3)nc21. The molecule has 0 unspecified atom stereocenters. The molecule has 4 aromatic rings. The topological polar surface area (TPSA) is 107 Å². The Morgan fingerprint density at radius 3 is 2.53 bits per heavy atom. The van der Waals surface area contributed by atoms with Crippen LogP contribution >= 0.6 is 0 Å². The molecule has 3 aromatic heterocycles. The highest BCUT2D eigenvalue weighted by Gasteiger charge is 2.27. The minimum absolute atomic E-state index is 0.149. The molecule has 1 N–H and O–H groups in total. The van der Waals surface area contributed by atoms with Gasteiger partial charge in [-0.05, 0) is 30.3 Å². The molecule has 0 fully saturated rings. The molecule has 0 atom stereocenters. The lowest BCUT2D eigenvalue weighted by Gasteiger charge is -2.11. The number of nitrogens with one attached hydrogen (secondary N) is 1. The van der Waals surface area contributed by atoms with Crippen LogP contribution in [0.5, 0.6) is 0 Å². The smallest absolute Gasteiger partial charge is 0.271 e. The molecule has 30 heavy (non-hydrogen) atoms. The number of rotatable bonds is 4. The van der Waals surface area contributed by atoms with Crippen LogP contribution in [-0.2, 0) is 16.9 Å². The minimum Gasteiger partial charge on any atom is -0.309 e. The summed E-state index contributed by atoms with van der Waals surface area (Å²) in [7, 11) is -3.21. The van der Waals surface area contributed by atoms with Gasteiger partial charge in [0.15, 0.2) is 0 Å². The van der Waals surface area contributed by atoms with Crippen molar-refractivity contribution in [3.63, 3.8) is 0 Å². The van der Waals surface area contributed by atoms with Crippen molar-refractivity contribution in [2.75, 3.05) is 5.32 Å². The van der Waals surface area contributed by atoms with Gasteiger partial charge >= 0.3 is 0 Å². The van der Waals surface area contributed by atoms with Gasteiger partial charge in [0, 0.05) is 30.9 Å². The average molecular weight is 429 g/mol. The molecule has 0 bridgehead atoms. The highest BCUT2D eigenvalue weighted by atomic mass is 32.2. The molecular weight excluding hydrogens is 416 g/mol. The van der Waals surface area contributed by atoms with Crippen molar-refractivity contribution in [1.82, 2.24) is 19.5 Å². The van der Waals surface area contributed by atoms with Crippen molar-refractivity contribution in [3.8, 4) is 0 Å². The summed E-state index contributed by atoms with van der Waals surface area (Å²) in [6, 6.07) is 8.29. The van der Waals surface area contributed by atoms with E-state index in [1.807, 2.05) is 0 Å². The van der Waals surface area contributed by atoms with Crippen LogP contribution < -0.4 is 10.9 Å². The second-order valence-corrected chi connectivity index (χ2v) is 8.15. The fourth-order valence-corrected chi connectivity index (χ4v) is 4.28. The molecule has 8 nitrogen and oxygen atoms in total. The van der Waals surface area contributed by atoms with E-state index in [2.05, 4.69) is 20.3 Å². The fourth-order valence-electron chi connectivity index (χ4n) is 2.83. The maximum Gasteiger partial charge on any atom is 0.271 e. The van der Waals surface area contributed by atoms with Gasteiger partial charge in [-0.2, -0.15) is 4.98 Å². The van der Waals surface area contributed by atoms with Crippen molar-refractivity contribution >= 4 is 32.6 Å². The van der Waals surface area contributed by atoms with E-state index in [9.17, 15) is 22.0 Å². The first-order valence-corrected chi connectivity index (χ1v) is 10.0. The van der Waals surface area contributed by atoms with E-state index in [0.717, 1.165) is 22.8 Å². The first kappa shape index (κ1) is 19.6. The monoisotopic (exact) mass is 429 g/mol. The van der Waals surface area contributed by atoms with Gasteiger partial charge in [0.05, 0.1) is 0 Å². The van der Waals surface area contributed by atoms with E-state index in [-0.39, 0.29) is 17.0 Å². The average Bonchev–Trinajstić information content (AvgIpc) is 2.71. The number of hydrogen-bond donors (Lipinski definition) is 1. The van der Waals surface area contributed by atoms with Crippen LogP contribution in [-0.4, -0.2) is 27.9 Å². The Bertz CT molecular complexity index is 1440. The Hall–Kier alpha value is -3.73. The molecule has 0 aliphatic heterocycles. The summed E-state index contributed by atoms with van der Waals surface area (Å²) in [5.41, 5.74) is -0.749. The van der Waals surface area contributed by atoms with Crippen LogP contribution in [0.3, 0.4) is 0 Å². The summed E-state index contributed by atoms with van der Waals surface area (Å²) in [5.74, 6) is -1.59. The summed E-state index contributed by atoms with van der Waals surface area (Å²) in [5, 5.41) is 3.11. The molecule has 0 amide bonds. The van der Waals surface area contributed by atoms with Crippen molar-refractivity contribution in [2.24, 2.45) is 7.05 Å². The number of fused-ring (bicyclic) bond motifs is 1. The van der Waals surface area contributed by atoms with Gasteiger partial charge in [0.25, 0.3) is 5.56 Å². The summed E-state index contributed by atoms with van der Waals surface area (Å²) >= 11 is 0. The van der Waals surface area contributed by atoms with Crippen molar-refractivity contribution < 1.29 is 17.2 Å². The van der Waals surface area contributed by atoms with E-state index in [1.54, 1.807) is 24.4 Å². The summed E-state index contributed by atoms with van der Waals surface area (Å²) < 4.78 is 54.0. The highest BCUT2D eigenvalue weighted by Crippen LogP contribution is 2.24. The minimum atomic E-state index is -4.55. The molecule has 11 heteroatoms. The Balaban J connectivity index is 1.84. The Morgan fingerprint density at radius 1 is 1.03 bits per heavy atom. The molecule has 1 aromatic carbocycles. The van der Waals surface area contributed by atoms with Crippen molar-refractivity contribution in [3.05, 3.63) is 76.8 Å². The quantitative estimate of drug-likeness (QED) is 0.497. The number of nitrogens with zero attached hydrogens (tertiary/aromatic N) is 4. The first-order valence-electron chi connectivity index (χ1n) is 8.52. The maximum atomic E-state index is 14.1. The third kappa shape index (κ3) is 3.39. The summed E-state index contributed by atoms with van der Waals surface area (Å²) in [6.45, 7) is 0. The van der Waals surface area contributed by atoms with Gasteiger partial charge < -0.3 is 5.32 Å². The number of halogens is 2. The summed E-state index contributed by atoms with van der Waals surface area (Å²) in [6.07, 6.45) is 2.90. The number of anilines is 2. The van der Waals surface area contributed by atoms with Crippen molar-refractivity contribution in [1.29, 1.82) is 0 Å². The zero-order valence-electron chi connectivity index (χ0n) is 15.4. The van der Waals surface area contributed by atoms with Crippen LogP contribution in [0.4, 0.5) is 20.5 Å². The highest BCUT2D eigenvalue weighted by molar-refractivity contribution is 7.91. The van der Waals surface area contributed by atoms with E-state index < -0.39 is 36.8 Å². The number of pyridine rings is 2. The zero-order valence-corrected chi connectivity index (χ0v) is 16.2. The predicted octanol–water partition coefficient (Wildman–Crippen LogP) is 2.58. The molecule has 0 radical (unpaired) electrons. The van der Waals surface area contributed by atoms with Gasteiger partial charge in [-0.15, -0.1) is 0 Å². The summed E-state index contributed by atoms with van der Waals surface area (Å²) in [4.78, 5) is 23.7. The molecule has 0 spiro atoms.